The first kappa shape index (κ1) is 7.46. The molecule has 0 heterocycles. The van der Waals surface area contributed by atoms with Gasteiger partial charge in [-0.3, -0.25) is 0 Å². The molecule has 1 fully saturated rings. The molecule has 1 aliphatic rings. The van der Waals surface area contributed by atoms with Crippen molar-refractivity contribution in [1.29, 1.82) is 0 Å². The standard InChI is InChI=1S/C8H16S/c9-7-6-8-4-2-1-3-5-8/h8-9H,1-7H2. The van der Waals surface area contributed by atoms with E-state index in [1.165, 1.54) is 38.5 Å². The number of hydrogen-bond donors (Lipinski definition) is 1. The second kappa shape index (κ2) is 4.21. The van der Waals surface area contributed by atoms with E-state index in [0.29, 0.717) is 0 Å². The van der Waals surface area contributed by atoms with Gasteiger partial charge in [0.15, 0.2) is 0 Å². The molecular weight excluding hydrogens is 128 g/mol. The van der Waals surface area contributed by atoms with Crippen molar-refractivity contribution in [3.63, 3.8) is 0 Å². The van der Waals surface area contributed by atoms with Crippen LogP contribution < -0.4 is 0 Å². The quantitative estimate of drug-likeness (QED) is 0.566. The van der Waals surface area contributed by atoms with Crippen molar-refractivity contribution >= 4 is 12.6 Å². The Kier molecular flexibility index (Phi) is 3.49. The maximum Gasteiger partial charge on any atom is -0.00953 e. The summed E-state index contributed by atoms with van der Waals surface area (Å²) >= 11 is 4.23. The molecule has 0 bridgehead atoms. The molecule has 0 atom stereocenters. The van der Waals surface area contributed by atoms with E-state index >= 15 is 0 Å². The second-order valence-electron chi connectivity index (χ2n) is 3.02. The largest absolute Gasteiger partial charge is 0.179 e. The van der Waals surface area contributed by atoms with Crippen molar-refractivity contribution in [3.8, 4) is 0 Å². The molecule has 1 aliphatic carbocycles. The van der Waals surface area contributed by atoms with E-state index in [2.05, 4.69) is 12.6 Å². The maximum atomic E-state index is 4.23. The number of hydrogen-bond acceptors (Lipinski definition) is 1. The zero-order valence-electron chi connectivity index (χ0n) is 5.97. The summed E-state index contributed by atoms with van der Waals surface area (Å²) in [6.07, 6.45) is 8.71. The Morgan fingerprint density at radius 2 is 1.78 bits per heavy atom. The van der Waals surface area contributed by atoms with E-state index in [-0.39, 0.29) is 0 Å². The van der Waals surface area contributed by atoms with Gasteiger partial charge in [-0.2, -0.15) is 12.6 Å². The molecule has 0 amide bonds. The lowest BCUT2D eigenvalue weighted by atomic mass is 9.88. The summed E-state index contributed by atoms with van der Waals surface area (Å²) in [5.41, 5.74) is 0. The van der Waals surface area contributed by atoms with Gasteiger partial charge < -0.3 is 0 Å². The van der Waals surface area contributed by atoms with E-state index in [4.69, 9.17) is 0 Å². The Hall–Kier alpha value is 0.350. The van der Waals surface area contributed by atoms with Crippen molar-refractivity contribution in [2.75, 3.05) is 5.75 Å². The predicted molar refractivity (Wildman–Crippen MR) is 45.0 cm³/mol. The van der Waals surface area contributed by atoms with Crippen LogP contribution in [-0.4, -0.2) is 5.75 Å². The highest BCUT2D eigenvalue weighted by molar-refractivity contribution is 7.80. The average Bonchev–Trinajstić information content (AvgIpc) is 1.91. The molecule has 0 unspecified atom stereocenters. The van der Waals surface area contributed by atoms with Crippen LogP contribution in [0.15, 0.2) is 0 Å². The third kappa shape index (κ3) is 2.61. The van der Waals surface area contributed by atoms with Gasteiger partial charge in [0.1, 0.15) is 0 Å². The second-order valence-corrected chi connectivity index (χ2v) is 3.46. The highest BCUT2D eigenvalue weighted by atomic mass is 32.1. The van der Waals surface area contributed by atoms with Crippen LogP contribution in [0.4, 0.5) is 0 Å². The third-order valence-electron chi connectivity index (χ3n) is 2.26. The number of rotatable bonds is 2. The topological polar surface area (TPSA) is 0 Å². The lowest BCUT2D eigenvalue weighted by molar-refractivity contribution is 0.352. The molecule has 0 aromatic rings. The van der Waals surface area contributed by atoms with Crippen LogP contribution in [0.1, 0.15) is 38.5 Å². The molecule has 0 aromatic heterocycles. The Morgan fingerprint density at radius 3 is 2.33 bits per heavy atom. The Morgan fingerprint density at radius 1 is 1.11 bits per heavy atom. The Balaban J connectivity index is 2.08. The first-order chi connectivity index (χ1) is 4.43. The van der Waals surface area contributed by atoms with E-state index < -0.39 is 0 Å². The van der Waals surface area contributed by atoms with Crippen LogP contribution in [0.25, 0.3) is 0 Å². The molecule has 1 rings (SSSR count). The predicted octanol–water partition coefficient (Wildman–Crippen LogP) is 2.89. The molecule has 0 nitrogen and oxygen atoms in total. The summed E-state index contributed by atoms with van der Waals surface area (Å²) in [6.45, 7) is 0. The molecule has 1 saturated carbocycles. The lowest BCUT2D eigenvalue weighted by Gasteiger charge is -2.20. The summed E-state index contributed by atoms with van der Waals surface area (Å²) in [5.74, 6) is 2.11. The molecule has 0 aromatic carbocycles. The summed E-state index contributed by atoms with van der Waals surface area (Å²) in [6, 6.07) is 0. The summed E-state index contributed by atoms with van der Waals surface area (Å²) in [4.78, 5) is 0. The SMILES string of the molecule is SCCC1CCCCC1. The first-order valence-electron chi connectivity index (χ1n) is 4.04. The Labute approximate surface area is 63.4 Å². The fraction of sp³-hybridized carbons (Fsp3) is 1.00. The van der Waals surface area contributed by atoms with Crippen molar-refractivity contribution in [2.24, 2.45) is 5.92 Å². The Bertz CT molecular complexity index is 62.2. The van der Waals surface area contributed by atoms with Crippen molar-refractivity contribution in [2.45, 2.75) is 38.5 Å². The zero-order valence-corrected chi connectivity index (χ0v) is 6.87. The van der Waals surface area contributed by atoms with Crippen LogP contribution in [0.2, 0.25) is 0 Å². The molecule has 1 heteroatoms. The van der Waals surface area contributed by atoms with Gasteiger partial charge in [-0.1, -0.05) is 32.1 Å². The van der Waals surface area contributed by atoms with Gasteiger partial charge in [-0.15, -0.1) is 0 Å². The average molecular weight is 144 g/mol. The molecule has 0 N–H and O–H groups in total. The normalized spacial score (nSPS) is 22.3. The fourth-order valence-corrected chi connectivity index (χ4v) is 2.02. The molecule has 9 heavy (non-hydrogen) atoms. The highest BCUT2D eigenvalue weighted by Crippen LogP contribution is 2.26. The van der Waals surface area contributed by atoms with Gasteiger partial charge in [-0.05, 0) is 18.1 Å². The lowest BCUT2D eigenvalue weighted by Crippen LogP contribution is -2.06. The van der Waals surface area contributed by atoms with Crippen LogP contribution >= 0.6 is 12.6 Å². The summed E-state index contributed by atoms with van der Waals surface area (Å²) in [7, 11) is 0. The van der Waals surface area contributed by atoms with E-state index in [9.17, 15) is 0 Å². The zero-order chi connectivity index (χ0) is 6.53. The molecule has 54 valence electrons. The van der Waals surface area contributed by atoms with Gasteiger partial charge in [-0.25, -0.2) is 0 Å². The molecule has 0 aliphatic heterocycles. The van der Waals surface area contributed by atoms with Crippen LogP contribution in [-0.2, 0) is 0 Å². The smallest absolute Gasteiger partial charge is 0.00953 e. The minimum atomic E-state index is 1.02. The van der Waals surface area contributed by atoms with Gasteiger partial charge in [0.05, 0.1) is 0 Å². The highest BCUT2D eigenvalue weighted by Gasteiger charge is 2.11. The minimum Gasteiger partial charge on any atom is -0.179 e. The third-order valence-corrected chi connectivity index (χ3v) is 2.52. The minimum absolute atomic E-state index is 1.02. The van der Waals surface area contributed by atoms with Crippen molar-refractivity contribution < 1.29 is 0 Å². The summed E-state index contributed by atoms with van der Waals surface area (Å²) in [5, 5.41) is 0. The summed E-state index contributed by atoms with van der Waals surface area (Å²) < 4.78 is 0. The van der Waals surface area contributed by atoms with E-state index in [1.54, 1.807) is 0 Å². The van der Waals surface area contributed by atoms with Crippen LogP contribution in [0, 0.1) is 5.92 Å². The molecular formula is C8H16S. The maximum absolute atomic E-state index is 4.23. The fourth-order valence-electron chi connectivity index (χ4n) is 1.66. The van der Waals surface area contributed by atoms with E-state index in [0.717, 1.165) is 11.7 Å². The first-order valence-corrected chi connectivity index (χ1v) is 4.67. The van der Waals surface area contributed by atoms with Gasteiger partial charge >= 0.3 is 0 Å². The molecule has 0 saturated heterocycles. The van der Waals surface area contributed by atoms with E-state index in [1.807, 2.05) is 0 Å². The molecule has 0 spiro atoms. The molecule has 0 radical (unpaired) electrons. The van der Waals surface area contributed by atoms with Gasteiger partial charge in [0.25, 0.3) is 0 Å². The van der Waals surface area contributed by atoms with Crippen LogP contribution in [0.5, 0.6) is 0 Å². The van der Waals surface area contributed by atoms with Crippen molar-refractivity contribution in [1.82, 2.24) is 0 Å². The van der Waals surface area contributed by atoms with Gasteiger partial charge in [0.2, 0.25) is 0 Å². The van der Waals surface area contributed by atoms with Gasteiger partial charge in [0, 0.05) is 0 Å². The van der Waals surface area contributed by atoms with Crippen molar-refractivity contribution in [3.05, 3.63) is 0 Å². The number of thiol groups is 1. The van der Waals surface area contributed by atoms with Crippen LogP contribution in [0.3, 0.4) is 0 Å². The monoisotopic (exact) mass is 144 g/mol.